The number of thiazole rings is 1. The molecule has 3 heteroatoms. The highest BCUT2D eigenvalue weighted by molar-refractivity contribution is 7.13. The number of hydrogen-bond acceptors (Lipinski definition) is 3. The van der Waals surface area contributed by atoms with Gasteiger partial charge in [0.05, 0.1) is 5.69 Å². The Morgan fingerprint density at radius 1 is 1.25 bits per heavy atom. The summed E-state index contributed by atoms with van der Waals surface area (Å²) >= 11 is 1.72. The monoisotopic (exact) mass is 240 g/mol. The van der Waals surface area contributed by atoms with Crippen molar-refractivity contribution in [3.05, 3.63) is 11.1 Å². The van der Waals surface area contributed by atoms with Gasteiger partial charge in [0.1, 0.15) is 0 Å². The van der Waals surface area contributed by atoms with E-state index < -0.39 is 0 Å². The number of rotatable bonds is 6. The standard InChI is InChI=1S/C13H24N2S/c1-5-6-7-8-9-11-10-16-12(14-11)15-13(2,3)4/h10H,5-9H2,1-4H3,(H,14,15). The van der Waals surface area contributed by atoms with Crippen LogP contribution in [-0.2, 0) is 6.42 Å². The topological polar surface area (TPSA) is 24.9 Å². The van der Waals surface area contributed by atoms with Gasteiger partial charge in [0.2, 0.25) is 0 Å². The minimum atomic E-state index is 0.108. The molecule has 1 N–H and O–H groups in total. The lowest BCUT2D eigenvalue weighted by Crippen LogP contribution is -2.25. The van der Waals surface area contributed by atoms with E-state index in [9.17, 15) is 0 Å². The summed E-state index contributed by atoms with van der Waals surface area (Å²) in [5, 5.41) is 6.64. The second kappa shape index (κ2) is 6.24. The van der Waals surface area contributed by atoms with Gasteiger partial charge >= 0.3 is 0 Å². The highest BCUT2D eigenvalue weighted by Crippen LogP contribution is 2.20. The van der Waals surface area contributed by atoms with Crippen LogP contribution >= 0.6 is 11.3 Å². The van der Waals surface area contributed by atoms with Gasteiger partial charge in [-0.3, -0.25) is 0 Å². The minimum absolute atomic E-state index is 0.108. The average Bonchev–Trinajstić information content (AvgIpc) is 2.58. The van der Waals surface area contributed by atoms with Crippen LogP contribution in [0.1, 0.15) is 59.1 Å². The zero-order valence-corrected chi connectivity index (χ0v) is 11.8. The van der Waals surface area contributed by atoms with Crippen LogP contribution in [0, 0.1) is 0 Å². The van der Waals surface area contributed by atoms with E-state index in [1.54, 1.807) is 11.3 Å². The second-order valence-corrected chi connectivity index (χ2v) is 6.19. The van der Waals surface area contributed by atoms with Crippen molar-refractivity contribution in [3.8, 4) is 0 Å². The highest BCUT2D eigenvalue weighted by atomic mass is 32.1. The van der Waals surface area contributed by atoms with E-state index in [1.165, 1.54) is 31.4 Å². The predicted molar refractivity (Wildman–Crippen MR) is 73.3 cm³/mol. The van der Waals surface area contributed by atoms with E-state index in [0.717, 1.165) is 11.6 Å². The Morgan fingerprint density at radius 2 is 2.00 bits per heavy atom. The van der Waals surface area contributed by atoms with Crippen LogP contribution in [0.4, 0.5) is 5.13 Å². The Balaban J connectivity index is 2.34. The van der Waals surface area contributed by atoms with Crippen LogP contribution in [0.15, 0.2) is 5.38 Å². The Morgan fingerprint density at radius 3 is 2.62 bits per heavy atom. The van der Waals surface area contributed by atoms with Crippen molar-refractivity contribution in [1.29, 1.82) is 0 Å². The Kier molecular flexibility index (Phi) is 5.26. The molecule has 1 rings (SSSR count). The summed E-state index contributed by atoms with van der Waals surface area (Å²) in [6, 6.07) is 0. The molecule has 0 radical (unpaired) electrons. The van der Waals surface area contributed by atoms with E-state index in [-0.39, 0.29) is 5.54 Å². The van der Waals surface area contributed by atoms with Crippen LogP contribution in [0.2, 0.25) is 0 Å². The van der Waals surface area contributed by atoms with Gasteiger partial charge in [0.15, 0.2) is 5.13 Å². The summed E-state index contributed by atoms with van der Waals surface area (Å²) < 4.78 is 0. The van der Waals surface area contributed by atoms with Crippen molar-refractivity contribution >= 4 is 16.5 Å². The minimum Gasteiger partial charge on any atom is -0.357 e. The lowest BCUT2D eigenvalue weighted by atomic mass is 10.1. The molecule has 1 heterocycles. The Labute approximate surface area is 103 Å². The van der Waals surface area contributed by atoms with Gasteiger partial charge in [-0.15, -0.1) is 11.3 Å². The van der Waals surface area contributed by atoms with Crippen molar-refractivity contribution in [3.63, 3.8) is 0 Å². The maximum Gasteiger partial charge on any atom is 0.183 e. The number of hydrogen-bond donors (Lipinski definition) is 1. The molecule has 0 aliphatic carbocycles. The molecule has 2 nitrogen and oxygen atoms in total. The quantitative estimate of drug-likeness (QED) is 0.742. The molecule has 92 valence electrons. The molecule has 0 saturated heterocycles. The summed E-state index contributed by atoms with van der Waals surface area (Å²) in [6.45, 7) is 8.73. The predicted octanol–water partition coefficient (Wildman–Crippen LogP) is 4.48. The smallest absolute Gasteiger partial charge is 0.183 e. The largest absolute Gasteiger partial charge is 0.357 e. The number of aryl methyl sites for hydroxylation is 1. The van der Waals surface area contributed by atoms with Gasteiger partial charge in [0.25, 0.3) is 0 Å². The van der Waals surface area contributed by atoms with E-state index in [4.69, 9.17) is 0 Å². The van der Waals surface area contributed by atoms with Crippen molar-refractivity contribution in [2.24, 2.45) is 0 Å². The van der Waals surface area contributed by atoms with E-state index in [0.29, 0.717) is 0 Å². The van der Waals surface area contributed by atoms with Gasteiger partial charge < -0.3 is 5.32 Å². The number of unbranched alkanes of at least 4 members (excludes halogenated alkanes) is 3. The number of nitrogens with zero attached hydrogens (tertiary/aromatic N) is 1. The maximum atomic E-state index is 4.60. The molecule has 0 aromatic carbocycles. The average molecular weight is 240 g/mol. The number of nitrogens with one attached hydrogen (secondary N) is 1. The van der Waals surface area contributed by atoms with Crippen LogP contribution in [0.3, 0.4) is 0 Å². The molecule has 0 saturated carbocycles. The third kappa shape index (κ3) is 5.50. The SMILES string of the molecule is CCCCCCc1csc(NC(C)(C)C)n1. The summed E-state index contributed by atoms with van der Waals surface area (Å²) in [5.41, 5.74) is 1.35. The molecule has 0 aliphatic heterocycles. The molecular weight excluding hydrogens is 216 g/mol. The lowest BCUT2D eigenvalue weighted by Gasteiger charge is -2.19. The van der Waals surface area contributed by atoms with Gasteiger partial charge in [-0.2, -0.15) is 0 Å². The van der Waals surface area contributed by atoms with Crippen LogP contribution in [0.25, 0.3) is 0 Å². The zero-order valence-electron chi connectivity index (χ0n) is 11.0. The van der Waals surface area contributed by atoms with Crippen LogP contribution in [0.5, 0.6) is 0 Å². The first-order valence-corrected chi connectivity index (χ1v) is 7.12. The fourth-order valence-corrected chi connectivity index (χ4v) is 2.49. The molecule has 0 spiro atoms. The molecule has 0 fully saturated rings. The van der Waals surface area contributed by atoms with E-state index in [2.05, 4.69) is 43.4 Å². The van der Waals surface area contributed by atoms with Gasteiger partial charge in [-0.1, -0.05) is 26.2 Å². The van der Waals surface area contributed by atoms with Gasteiger partial charge in [-0.05, 0) is 33.6 Å². The summed E-state index contributed by atoms with van der Waals surface area (Å²) in [4.78, 5) is 4.60. The Bertz CT molecular complexity index is 299. The third-order valence-electron chi connectivity index (χ3n) is 2.32. The fourth-order valence-electron chi connectivity index (χ4n) is 1.53. The van der Waals surface area contributed by atoms with Gasteiger partial charge in [0, 0.05) is 10.9 Å². The first-order valence-electron chi connectivity index (χ1n) is 6.24. The molecule has 0 atom stereocenters. The summed E-state index contributed by atoms with van der Waals surface area (Å²) in [6.07, 6.45) is 6.37. The van der Waals surface area contributed by atoms with Crippen LogP contribution in [-0.4, -0.2) is 10.5 Å². The summed E-state index contributed by atoms with van der Waals surface area (Å²) in [7, 11) is 0. The summed E-state index contributed by atoms with van der Waals surface area (Å²) in [5.74, 6) is 0. The molecule has 1 aromatic rings. The fraction of sp³-hybridized carbons (Fsp3) is 0.769. The van der Waals surface area contributed by atoms with Crippen molar-refractivity contribution in [2.75, 3.05) is 5.32 Å². The van der Waals surface area contributed by atoms with Crippen LogP contribution < -0.4 is 5.32 Å². The number of anilines is 1. The maximum absolute atomic E-state index is 4.60. The van der Waals surface area contributed by atoms with Gasteiger partial charge in [-0.25, -0.2) is 4.98 Å². The van der Waals surface area contributed by atoms with Crippen molar-refractivity contribution in [1.82, 2.24) is 4.98 Å². The Hall–Kier alpha value is -0.570. The molecule has 16 heavy (non-hydrogen) atoms. The molecular formula is C13H24N2S. The molecule has 1 aromatic heterocycles. The first kappa shape index (κ1) is 13.5. The molecule has 0 bridgehead atoms. The normalized spacial score (nSPS) is 11.8. The second-order valence-electron chi connectivity index (χ2n) is 5.33. The molecule has 0 aliphatic rings. The third-order valence-corrected chi connectivity index (χ3v) is 3.13. The van der Waals surface area contributed by atoms with E-state index >= 15 is 0 Å². The highest BCUT2D eigenvalue weighted by Gasteiger charge is 2.11. The van der Waals surface area contributed by atoms with Crippen molar-refractivity contribution in [2.45, 2.75) is 65.3 Å². The first-order chi connectivity index (χ1) is 7.51. The molecule has 0 unspecified atom stereocenters. The van der Waals surface area contributed by atoms with Crippen molar-refractivity contribution < 1.29 is 0 Å². The van der Waals surface area contributed by atoms with E-state index in [1.807, 2.05) is 0 Å². The lowest BCUT2D eigenvalue weighted by molar-refractivity contribution is 0.631. The number of aromatic nitrogens is 1. The zero-order chi connectivity index (χ0) is 12.0. The molecule has 0 amide bonds.